The summed E-state index contributed by atoms with van der Waals surface area (Å²) < 4.78 is 10.8. The van der Waals surface area contributed by atoms with Crippen LogP contribution in [0.25, 0.3) is 0 Å². The Labute approximate surface area is 158 Å². The van der Waals surface area contributed by atoms with Crippen molar-refractivity contribution in [2.45, 2.75) is 13.0 Å². The van der Waals surface area contributed by atoms with Crippen LogP contribution in [0.1, 0.15) is 11.1 Å². The van der Waals surface area contributed by atoms with Crippen molar-refractivity contribution < 1.29 is 9.47 Å². The SMILES string of the molecule is COc1cc2c(cc1OC)CN(c1cnnc(Nc3ccccc3)n1)CC2. The molecule has 1 aliphatic rings. The molecule has 2 heterocycles. The molecule has 1 N–H and O–H groups in total. The molecule has 3 aromatic rings. The summed E-state index contributed by atoms with van der Waals surface area (Å²) in [5, 5.41) is 11.4. The van der Waals surface area contributed by atoms with Gasteiger partial charge in [0.1, 0.15) is 0 Å². The first-order valence-electron chi connectivity index (χ1n) is 8.77. The number of hydrogen-bond acceptors (Lipinski definition) is 7. The normalized spacial score (nSPS) is 13.0. The van der Waals surface area contributed by atoms with Crippen molar-refractivity contribution in [2.75, 3.05) is 31.0 Å². The summed E-state index contributed by atoms with van der Waals surface area (Å²) in [4.78, 5) is 6.82. The minimum absolute atomic E-state index is 0.483. The van der Waals surface area contributed by atoms with E-state index in [1.807, 2.05) is 36.4 Å². The second kappa shape index (κ2) is 7.49. The maximum absolute atomic E-state index is 5.44. The van der Waals surface area contributed by atoms with Crippen LogP contribution in [0.3, 0.4) is 0 Å². The predicted molar refractivity (Wildman–Crippen MR) is 104 cm³/mol. The van der Waals surface area contributed by atoms with Crippen LogP contribution in [-0.2, 0) is 13.0 Å². The molecule has 138 valence electrons. The number of nitrogens with zero attached hydrogens (tertiary/aromatic N) is 4. The molecule has 2 aromatic carbocycles. The Morgan fingerprint density at radius 3 is 2.48 bits per heavy atom. The molecule has 0 amide bonds. The summed E-state index contributed by atoms with van der Waals surface area (Å²) in [6.45, 7) is 1.59. The van der Waals surface area contributed by atoms with Crippen LogP contribution in [0.15, 0.2) is 48.7 Å². The van der Waals surface area contributed by atoms with E-state index >= 15 is 0 Å². The van der Waals surface area contributed by atoms with Crippen molar-refractivity contribution in [3.63, 3.8) is 0 Å². The monoisotopic (exact) mass is 363 g/mol. The van der Waals surface area contributed by atoms with E-state index in [9.17, 15) is 0 Å². The van der Waals surface area contributed by atoms with Gasteiger partial charge in [0.15, 0.2) is 17.3 Å². The summed E-state index contributed by atoms with van der Waals surface area (Å²) in [6.07, 6.45) is 2.60. The molecule has 27 heavy (non-hydrogen) atoms. The van der Waals surface area contributed by atoms with Gasteiger partial charge in [0.25, 0.3) is 0 Å². The fourth-order valence-electron chi connectivity index (χ4n) is 3.23. The number of para-hydroxylation sites is 1. The van der Waals surface area contributed by atoms with E-state index in [4.69, 9.17) is 9.47 Å². The Hall–Kier alpha value is -3.35. The van der Waals surface area contributed by atoms with Gasteiger partial charge in [0.2, 0.25) is 5.95 Å². The van der Waals surface area contributed by atoms with Gasteiger partial charge in [-0.3, -0.25) is 0 Å². The van der Waals surface area contributed by atoms with Gasteiger partial charge in [0.05, 0.1) is 20.4 Å². The molecule has 0 saturated heterocycles. The Morgan fingerprint density at radius 1 is 1.00 bits per heavy atom. The number of nitrogens with one attached hydrogen (secondary N) is 1. The van der Waals surface area contributed by atoms with Gasteiger partial charge in [-0.1, -0.05) is 18.2 Å². The lowest BCUT2D eigenvalue weighted by atomic mass is 9.99. The molecule has 0 unspecified atom stereocenters. The Kier molecular flexibility index (Phi) is 4.74. The van der Waals surface area contributed by atoms with Crippen molar-refractivity contribution in [3.8, 4) is 11.5 Å². The van der Waals surface area contributed by atoms with Gasteiger partial charge in [-0.25, -0.2) is 0 Å². The van der Waals surface area contributed by atoms with Gasteiger partial charge in [-0.15, -0.1) is 5.10 Å². The first-order valence-corrected chi connectivity index (χ1v) is 8.77. The first kappa shape index (κ1) is 17.1. The number of aromatic nitrogens is 3. The number of anilines is 3. The fraction of sp³-hybridized carbons (Fsp3) is 0.250. The quantitative estimate of drug-likeness (QED) is 0.746. The lowest BCUT2D eigenvalue weighted by molar-refractivity contribution is 0.353. The number of rotatable bonds is 5. The molecular formula is C20H21N5O2. The van der Waals surface area contributed by atoms with Gasteiger partial charge in [-0.05, 0) is 41.8 Å². The maximum atomic E-state index is 5.44. The minimum atomic E-state index is 0.483. The molecule has 0 bridgehead atoms. The van der Waals surface area contributed by atoms with Crippen LogP contribution in [0, 0.1) is 0 Å². The van der Waals surface area contributed by atoms with E-state index in [-0.39, 0.29) is 0 Å². The van der Waals surface area contributed by atoms with Crippen molar-refractivity contribution in [3.05, 3.63) is 59.8 Å². The number of methoxy groups -OCH3 is 2. The lowest BCUT2D eigenvalue weighted by Crippen LogP contribution is -2.31. The number of fused-ring (bicyclic) bond motifs is 1. The lowest BCUT2D eigenvalue weighted by Gasteiger charge is -2.30. The molecule has 0 radical (unpaired) electrons. The van der Waals surface area contributed by atoms with Crippen LogP contribution < -0.4 is 19.7 Å². The average Bonchev–Trinajstić information content (AvgIpc) is 2.73. The van der Waals surface area contributed by atoms with E-state index < -0.39 is 0 Å². The fourth-order valence-corrected chi connectivity index (χ4v) is 3.23. The zero-order chi connectivity index (χ0) is 18.6. The Bertz CT molecular complexity index is 933. The Balaban J connectivity index is 1.56. The second-order valence-electron chi connectivity index (χ2n) is 6.28. The molecule has 7 nitrogen and oxygen atoms in total. The van der Waals surface area contributed by atoms with E-state index in [0.29, 0.717) is 5.95 Å². The minimum Gasteiger partial charge on any atom is -0.493 e. The topological polar surface area (TPSA) is 72.4 Å². The van der Waals surface area contributed by atoms with Crippen LogP contribution in [0.2, 0.25) is 0 Å². The highest BCUT2D eigenvalue weighted by molar-refractivity contribution is 5.55. The highest BCUT2D eigenvalue weighted by atomic mass is 16.5. The predicted octanol–water partition coefficient (Wildman–Crippen LogP) is 3.20. The molecule has 0 fully saturated rings. The van der Waals surface area contributed by atoms with Gasteiger partial charge in [-0.2, -0.15) is 10.1 Å². The standard InChI is InChI=1S/C20H21N5O2/c1-26-17-10-14-8-9-25(13-15(14)11-18(17)27-2)19-12-21-24-20(23-19)22-16-6-4-3-5-7-16/h3-7,10-12H,8-9,13H2,1-2H3,(H,22,23,24). The average molecular weight is 363 g/mol. The zero-order valence-electron chi connectivity index (χ0n) is 15.3. The van der Waals surface area contributed by atoms with Gasteiger partial charge >= 0.3 is 0 Å². The molecule has 0 spiro atoms. The third kappa shape index (κ3) is 3.62. The first-order chi connectivity index (χ1) is 13.3. The number of benzene rings is 2. The van der Waals surface area contributed by atoms with Gasteiger partial charge in [0, 0.05) is 18.8 Å². The third-order valence-corrected chi connectivity index (χ3v) is 4.62. The molecule has 1 aromatic heterocycles. The number of ether oxygens (including phenoxy) is 2. The van der Waals surface area contributed by atoms with Crippen LogP contribution in [0.4, 0.5) is 17.5 Å². The number of hydrogen-bond donors (Lipinski definition) is 1. The molecule has 0 aliphatic carbocycles. The van der Waals surface area contributed by atoms with E-state index in [1.54, 1.807) is 20.4 Å². The van der Waals surface area contributed by atoms with E-state index in [0.717, 1.165) is 42.5 Å². The van der Waals surface area contributed by atoms with Crippen LogP contribution in [0.5, 0.6) is 11.5 Å². The van der Waals surface area contributed by atoms with Gasteiger partial charge < -0.3 is 19.7 Å². The Morgan fingerprint density at radius 2 is 1.74 bits per heavy atom. The largest absolute Gasteiger partial charge is 0.493 e. The summed E-state index contributed by atoms with van der Waals surface area (Å²) in [5.41, 5.74) is 3.40. The summed E-state index contributed by atoms with van der Waals surface area (Å²) in [7, 11) is 3.31. The van der Waals surface area contributed by atoms with E-state index in [2.05, 4.69) is 31.5 Å². The summed E-state index contributed by atoms with van der Waals surface area (Å²) in [5.74, 6) is 2.79. The molecule has 0 saturated carbocycles. The molecular weight excluding hydrogens is 342 g/mol. The van der Waals surface area contributed by atoms with Crippen molar-refractivity contribution in [1.29, 1.82) is 0 Å². The zero-order valence-corrected chi connectivity index (χ0v) is 15.3. The second-order valence-corrected chi connectivity index (χ2v) is 6.28. The smallest absolute Gasteiger partial charge is 0.249 e. The highest BCUT2D eigenvalue weighted by Crippen LogP contribution is 2.34. The molecule has 1 aliphatic heterocycles. The van der Waals surface area contributed by atoms with Crippen molar-refractivity contribution in [1.82, 2.24) is 15.2 Å². The van der Waals surface area contributed by atoms with Crippen LogP contribution in [-0.4, -0.2) is 35.9 Å². The summed E-state index contributed by atoms with van der Waals surface area (Å²) >= 11 is 0. The molecule has 4 rings (SSSR count). The molecule has 7 heteroatoms. The van der Waals surface area contributed by atoms with E-state index in [1.165, 1.54) is 11.1 Å². The maximum Gasteiger partial charge on any atom is 0.249 e. The van der Waals surface area contributed by atoms with Crippen LogP contribution >= 0.6 is 0 Å². The third-order valence-electron chi connectivity index (χ3n) is 4.62. The highest BCUT2D eigenvalue weighted by Gasteiger charge is 2.21. The van der Waals surface area contributed by atoms with Crippen molar-refractivity contribution in [2.24, 2.45) is 0 Å². The molecule has 0 atom stereocenters. The van der Waals surface area contributed by atoms with Crippen molar-refractivity contribution >= 4 is 17.5 Å². The summed E-state index contributed by atoms with van der Waals surface area (Å²) in [6, 6.07) is 13.9.